The van der Waals surface area contributed by atoms with Crippen molar-refractivity contribution in [1.82, 2.24) is 9.97 Å². The van der Waals surface area contributed by atoms with Crippen LogP contribution >= 0.6 is 0 Å². The van der Waals surface area contributed by atoms with Crippen LogP contribution in [0.2, 0.25) is 0 Å². The van der Waals surface area contributed by atoms with Crippen LogP contribution in [0.5, 0.6) is 5.75 Å². The van der Waals surface area contributed by atoms with Gasteiger partial charge >= 0.3 is 0 Å². The number of hydrogen-bond acceptors (Lipinski definition) is 4. The van der Waals surface area contributed by atoms with Crippen molar-refractivity contribution in [3.05, 3.63) is 42.3 Å². The largest absolute Gasteiger partial charge is 0.508 e. The van der Waals surface area contributed by atoms with Crippen molar-refractivity contribution in [2.45, 2.75) is 12.8 Å². The molecule has 2 N–H and O–H groups in total. The maximum atomic E-state index is 14.6. The Kier molecular flexibility index (Phi) is 3.87. The highest BCUT2D eigenvalue weighted by atomic mass is 19.1. The minimum atomic E-state index is -0.554. The number of halogens is 1. The van der Waals surface area contributed by atoms with Gasteiger partial charge in [-0.25, -0.2) is 4.98 Å². The van der Waals surface area contributed by atoms with Crippen molar-refractivity contribution in [3.8, 4) is 17.0 Å². The van der Waals surface area contributed by atoms with Crippen LogP contribution in [-0.2, 0) is 4.79 Å². The number of pyridine rings is 1. The average Bonchev–Trinajstić information content (AvgIpc) is 3.04. The highest BCUT2D eigenvalue weighted by molar-refractivity contribution is 5.87. The summed E-state index contributed by atoms with van der Waals surface area (Å²) in [6, 6.07) is 10.2. The standard InChI is InChI=1S/C19H18FN3O2/c20-19-15(17-9-13-8-14(25)3-5-16(13)21-17)4-6-18(22-19)23-7-1-2-12(10-23)11-24/h3-6,8-9,11-12,21,25H,1-2,7,10H2. The molecule has 1 fully saturated rings. The maximum Gasteiger partial charge on any atom is 0.224 e. The van der Waals surface area contributed by atoms with Gasteiger partial charge in [0.1, 0.15) is 17.9 Å². The molecule has 4 rings (SSSR count). The number of H-pyrrole nitrogens is 1. The topological polar surface area (TPSA) is 69.2 Å². The predicted molar refractivity (Wildman–Crippen MR) is 94.2 cm³/mol. The van der Waals surface area contributed by atoms with Gasteiger partial charge in [0.2, 0.25) is 5.95 Å². The number of anilines is 1. The summed E-state index contributed by atoms with van der Waals surface area (Å²) in [5.74, 6) is 0.157. The van der Waals surface area contributed by atoms with E-state index < -0.39 is 5.95 Å². The minimum Gasteiger partial charge on any atom is -0.508 e. The van der Waals surface area contributed by atoms with Crippen LogP contribution < -0.4 is 4.90 Å². The molecule has 1 unspecified atom stereocenters. The number of hydrogen-bond donors (Lipinski definition) is 2. The molecular weight excluding hydrogens is 321 g/mol. The monoisotopic (exact) mass is 339 g/mol. The van der Waals surface area contributed by atoms with Crippen LogP contribution in [0.25, 0.3) is 22.2 Å². The molecular formula is C19H18FN3O2. The second-order valence-electron chi connectivity index (χ2n) is 6.45. The van der Waals surface area contributed by atoms with E-state index in [9.17, 15) is 14.3 Å². The lowest BCUT2D eigenvalue weighted by Gasteiger charge is -2.31. The molecule has 0 bridgehead atoms. The Morgan fingerprint density at radius 2 is 2.16 bits per heavy atom. The molecule has 1 atom stereocenters. The molecule has 25 heavy (non-hydrogen) atoms. The van der Waals surface area contributed by atoms with Gasteiger partial charge in [-0.1, -0.05) is 0 Å². The summed E-state index contributed by atoms with van der Waals surface area (Å²) in [5.41, 5.74) is 1.81. The number of piperidine rings is 1. The highest BCUT2D eigenvalue weighted by Crippen LogP contribution is 2.29. The second kappa shape index (κ2) is 6.20. The number of phenolic OH excluding ortho intramolecular Hbond substituents is 1. The minimum absolute atomic E-state index is 0.0142. The smallest absolute Gasteiger partial charge is 0.224 e. The molecule has 1 saturated heterocycles. The number of phenols is 1. The van der Waals surface area contributed by atoms with E-state index in [2.05, 4.69) is 9.97 Å². The first-order valence-corrected chi connectivity index (χ1v) is 8.33. The van der Waals surface area contributed by atoms with E-state index in [1.165, 1.54) is 0 Å². The van der Waals surface area contributed by atoms with Crippen LogP contribution in [0.4, 0.5) is 10.2 Å². The molecule has 0 radical (unpaired) electrons. The Hall–Kier alpha value is -2.89. The quantitative estimate of drug-likeness (QED) is 0.566. The lowest BCUT2D eigenvalue weighted by Crippen LogP contribution is -2.36. The van der Waals surface area contributed by atoms with Crippen molar-refractivity contribution in [1.29, 1.82) is 0 Å². The lowest BCUT2D eigenvalue weighted by atomic mass is 10.00. The Morgan fingerprint density at radius 1 is 1.28 bits per heavy atom. The summed E-state index contributed by atoms with van der Waals surface area (Å²) >= 11 is 0. The van der Waals surface area contributed by atoms with Crippen LogP contribution in [0.15, 0.2) is 36.4 Å². The van der Waals surface area contributed by atoms with E-state index in [0.29, 0.717) is 23.6 Å². The molecule has 0 saturated carbocycles. The third-order valence-corrected chi connectivity index (χ3v) is 4.70. The number of aromatic amines is 1. The molecule has 6 heteroatoms. The Balaban J connectivity index is 1.65. The van der Waals surface area contributed by atoms with Gasteiger partial charge in [-0.15, -0.1) is 0 Å². The van der Waals surface area contributed by atoms with Crippen LogP contribution in [0.1, 0.15) is 12.8 Å². The van der Waals surface area contributed by atoms with Gasteiger partial charge in [-0.05, 0) is 49.2 Å². The fourth-order valence-corrected chi connectivity index (χ4v) is 3.40. The van der Waals surface area contributed by atoms with Gasteiger partial charge in [0.25, 0.3) is 0 Å². The Morgan fingerprint density at radius 3 is 2.96 bits per heavy atom. The first-order chi connectivity index (χ1) is 12.1. The summed E-state index contributed by atoms with van der Waals surface area (Å²) in [6.07, 6.45) is 2.75. The number of aldehydes is 1. The van der Waals surface area contributed by atoms with Gasteiger partial charge in [0.05, 0.1) is 11.3 Å². The van der Waals surface area contributed by atoms with Crippen LogP contribution in [0.3, 0.4) is 0 Å². The van der Waals surface area contributed by atoms with E-state index in [1.54, 1.807) is 36.4 Å². The molecule has 0 aliphatic carbocycles. The lowest BCUT2D eigenvalue weighted by molar-refractivity contribution is -0.111. The molecule has 1 aliphatic heterocycles. The summed E-state index contributed by atoms with van der Waals surface area (Å²) in [6.45, 7) is 1.36. The number of fused-ring (bicyclic) bond motifs is 1. The van der Waals surface area contributed by atoms with E-state index in [0.717, 1.165) is 36.6 Å². The second-order valence-corrected chi connectivity index (χ2v) is 6.45. The number of rotatable bonds is 3. The van der Waals surface area contributed by atoms with Gasteiger partial charge in [-0.2, -0.15) is 4.39 Å². The van der Waals surface area contributed by atoms with Crippen LogP contribution in [0, 0.1) is 11.9 Å². The fraction of sp³-hybridized carbons (Fsp3) is 0.263. The third kappa shape index (κ3) is 2.95. The molecule has 3 aromatic rings. The normalized spacial score (nSPS) is 17.8. The van der Waals surface area contributed by atoms with E-state index in [4.69, 9.17) is 0 Å². The van der Waals surface area contributed by atoms with E-state index in [-0.39, 0.29) is 11.7 Å². The molecule has 3 heterocycles. The Labute approximate surface area is 144 Å². The first kappa shape index (κ1) is 15.6. The number of benzene rings is 1. The SMILES string of the molecule is O=CC1CCCN(c2ccc(-c3cc4cc(O)ccc4[nH]3)c(F)n2)C1. The van der Waals surface area contributed by atoms with Crippen molar-refractivity contribution in [2.24, 2.45) is 5.92 Å². The molecule has 5 nitrogen and oxygen atoms in total. The zero-order valence-electron chi connectivity index (χ0n) is 13.6. The van der Waals surface area contributed by atoms with Gasteiger partial charge in [-0.3, -0.25) is 0 Å². The summed E-state index contributed by atoms with van der Waals surface area (Å²) in [7, 11) is 0. The van der Waals surface area contributed by atoms with E-state index >= 15 is 0 Å². The molecule has 2 aromatic heterocycles. The average molecular weight is 339 g/mol. The number of nitrogens with zero attached hydrogens (tertiary/aromatic N) is 2. The zero-order valence-corrected chi connectivity index (χ0v) is 13.6. The number of carbonyl (C=O) groups excluding carboxylic acids is 1. The van der Waals surface area contributed by atoms with Gasteiger partial charge in [0.15, 0.2) is 0 Å². The maximum absolute atomic E-state index is 14.6. The number of aromatic hydroxyl groups is 1. The van der Waals surface area contributed by atoms with Gasteiger partial charge in [0, 0.05) is 29.9 Å². The number of aromatic nitrogens is 2. The van der Waals surface area contributed by atoms with Crippen LogP contribution in [-0.4, -0.2) is 34.5 Å². The Bertz CT molecular complexity index is 938. The summed E-state index contributed by atoms with van der Waals surface area (Å²) in [4.78, 5) is 20.2. The predicted octanol–water partition coefficient (Wildman–Crippen LogP) is 3.49. The third-order valence-electron chi connectivity index (χ3n) is 4.70. The fourth-order valence-electron chi connectivity index (χ4n) is 3.40. The van der Waals surface area contributed by atoms with E-state index in [1.807, 2.05) is 4.90 Å². The van der Waals surface area contributed by atoms with Gasteiger partial charge < -0.3 is 19.8 Å². The number of nitrogens with one attached hydrogen (secondary N) is 1. The molecule has 1 aromatic carbocycles. The zero-order chi connectivity index (χ0) is 17.4. The molecule has 0 amide bonds. The van der Waals surface area contributed by atoms with Crippen molar-refractivity contribution >= 4 is 23.0 Å². The number of carbonyl (C=O) groups is 1. The molecule has 0 spiro atoms. The summed E-state index contributed by atoms with van der Waals surface area (Å²) < 4.78 is 14.6. The highest BCUT2D eigenvalue weighted by Gasteiger charge is 2.21. The molecule has 128 valence electrons. The molecule has 1 aliphatic rings. The summed E-state index contributed by atoms with van der Waals surface area (Å²) in [5, 5.41) is 10.4. The van der Waals surface area contributed by atoms with Crippen molar-refractivity contribution in [2.75, 3.05) is 18.0 Å². The first-order valence-electron chi connectivity index (χ1n) is 8.33. The van der Waals surface area contributed by atoms with Crippen molar-refractivity contribution in [3.63, 3.8) is 0 Å². The van der Waals surface area contributed by atoms with Crippen molar-refractivity contribution < 1.29 is 14.3 Å².